The molecule has 9 saturated heterocycles. The zero-order valence-corrected chi connectivity index (χ0v) is 82.6. The average molecular weight is 1990 g/mol. The van der Waals surface area contributed by atoms with Crippen LogP contribution in [0.2, 0.25) is 0 Å². The molecule has 4 aromatic rings. The van der Waals surface area contributed by atoms with Crippen molar-refractivity contribution in [3.63, 3.8) is 0 Å². The summed E-state index contributed by atoms with van der Waals surface area (Å²) in [4.78, 5) is 63.3. The van der Waals surface area contributed by atoms with E-state index < -0.39 is 119 Å². The summed E-state index contributed by atoms with van der Waals surface area (Å²) in [5.41, 5.74) is -1.35. The molecule has 1 aromatic carbocycles. The topological polar surface area (TPSA) is 496 Å². The summed E-state index contributed by atoms with van der Waals surface area (Å²) >= 11 is 0. The molecule has 13 rings (SSSR count). The van der Waals surface area contributed by atoms with E-state index in [4.69, 9.17) is 133 Å². The van der Waals surface area contributed by atoms with Crippen LogP contribution in [0.5, 0.6) is 0 Å². The summed E-state index contributed by atoms with van der Waals surface area (Å²) in [6, 6.07) is 8.45. The minimum atomic E-state index is -1.30. The first-order valence-electron chi connectivity index (χ1n) is 49.0. The largest absolute Gasteiger partial charge is 0.377 e. The van der Waals surface area contributed by atoms with E-state index >= 15 is 0 Å². The van der Waals surface area contributed by atoms with E-state index in [1.165, 1.54) is 20.8 Å². The number of hydrogen-bond acceptors (Lipinski definition) is 39. The minimum Gasteiger partial charge on any atom is -0.377 e. The molecular weight excluding hydrogens is 1840 g/mol. The zero-order chi connectivity index (χ0) is 98.7. The van der Waals surface area contributed by atoms with Crippen LogP contribution in [0.3, 0.4) is 0 Å². The van der Waals surface area contributed by atoms with Crippen LogP contribution in [0, 0.1) is 0 Å². The number of amides is 5. The molecule has 47 heteroatoms. The first kappa shape index (κ1) is 110. The number of aromatic nitrogens is 9. The Morgan fingerprint density at radius 2 is 0.764 bits per heavy atom. The molecule has 0 radical (unpaired) electrons. The fourth-order valence-corrected chi connectivity index (χ4v) is 18.0. The average Bonchev–Trinajstić information content (AvgIpc) is 1.73. The summed E-state index contributed by atoms with van der Waals surface area (Å²) in [6.45, 7) is 27.7. The third-order valence-corrected chi connectivity index (χ3v) is 24.6. The second-order valence-corrected chi connectivity index (χ2v) is 37.6. The quantitative estimate of drug-likeness (QED) is 0.0393. The third-order valence-electron chi connectivity index (χ3n) is 24.6. The summed E-state index contributed by atoms with van der Waals surface area (Å²) < 4.78 is 175. The number of rotatable bonds is 72. The zero-order valence-electron chi connectivity index (χ0n) is 82.6. The number of nitrogens with zero attached hydrogens (tertiary/aromatic N) is 9. The fraction of sp³-hybridized carbons (Fsp3) is 0.817. The lowest BCUT2D eigenvalue weighted by molar-refractivity contribution is -0.234. The van der Waals surface area contributed by atoms with Gasteiger partial charge in [-0.3, -0.25) is 24.0 Å². The van der Waals surface area contributed by atoms with Crippen molar-refractivity contribution in [2.75, 3.05) is 205 Å². The van der Waals surface area contributed by atoms with Gasteiger partial charge in [-0.15, -0.1) is 15.3 Å². The van der Waals surface area contributed by atoms with E-state index in [0.29, 0.717) is 214 Å². The maximum Gasteiger partial charge on any atom is 0.220 e. The van der Waals surface area contributed by atoms with Crippen LogP contribution in [-0.2, 0) is 203 Å². The molecule has 788 valence electrons. The Morgan fingerprint density at radius 3 is 1.19 bits per heavy atom. The highest BCUT2D eigenvalue weighted by molar-refractivity contribution is 5.77. The molecule has 5 N–H and O–H groups in total. The number of unbranched alkanes of at least 4 members (excludes halogenated alkanes) is 4. The van der Waals surface area contributed by atoms with Crippen molar-refractivity contribution < 1.29 is 157 Å². The van der Waals surface area contributed by atoms with E-state index in [-0.39, 0.29) is 115 Å². The molecule has 9 aliphatic rings. The number of carbonyl (C=O) groups excluding carboxylic acids is 5. The fourth-order valence-electron chi connectivity index (χ4n) is 18.0. The maximum atomic E-state index is 14.4. The third kappa shape index (κ3) is 33.5. The molecular formula is C93H148N14O33. The smallest absolute Gasteiger partial charge is 0.220 e. The Bertz CT molecular complexity index is 4210. The van der Waals surface area contributed by atoms with Gasteiger partial charge in [0, 0.05) is 46.8 Å². The van der Waals surface area contributed by atoms with Crippen molar-refractivity contribution in [1.82, 2.24) is 71.6 Å². The molecule has 5 amide bonds. The highest BCUT2D eigenvalue weighted by atomic mass is 16.8. The highest BCUT2D eigenvalue weighted by Crippen LogP contribution is 2.51. The van der Waals surface area contributed by atoms with Gasteiger partial charge in [-0.1, -0.05) is 58.8 Å². The Kier molecular flexibility index (Phi) is 43.2. The first-order chi connectivity index (χ1) is 67.7. The standard InChI is InChI=1S/C93H148N14O33/c1-65(93-64-131-86(140-93)77(97-68(4)110)80-83(93)137-89(9,10)134-80)128-49-48-121-43-42-118-37-34-115-31-27-107-52-72(101-104-107)56-127-59-90(98-74(112)23-16-12-18-24-94-73(111)22-17-13-19-28-122-53-69-20-14-11-15-21-69,57-125-54-70-50-105(102-99-70)25-29-113-32-35-116-38-40-119-44-46-123-60-91-62-129-84(138-91)75(95-66(2)108)78-81(91)135-87(5,6)132-78)58-126-55-71-51-106(103-100-71)26-30-114-33-36-117-39-41-120-45-47-124-61-92-63-130-85(139-92)76(96-67(3)109)79-82(92)136-88(7,8)133-79/h11,14-15,20-21,50-52,65,75-86H,12-13,16-19,22-49,53-64H2,1-10H3,(H,94,111)(H,95,108)(H,96,109)(H,97,110)(H,98,112)/t65-,75-,76-,77-,78-,79-,80-,81-,82-,83-,84+,85+,86-,91+,92+,93-/m1/s1. The normalized spacial score (nSPS) is 27.0. The van der Waals surface area contributed by atoms with Crippen molar-refractivity contribution in [3.8, 4) is 0 Å². The maximum absolute atomic E-state index is 14.4. The van der Waals surface area contributed by atoms with E-state index in [1.807, 2.05) is 78.8 Å². The predicted molar refractivity (Wildman–Crippen MR) is 485 cm³/mol. The van der Waals surface area contributed by atoms with E-state index in [1.54, 1.807) is 32.6 Å². The van der Waals surface area contributed by atoms with Crippen LogP contribution in [0.15, 0.2) is 48.9 Å². The molecule has 0 saturated carbocycles. The summed E-state index contributed by atoms with van der Waals surface area (Å²) in [5, 5.41) is 41.1. The lowest BCUT2D eigenvalue weighted by atomic mass is 9.84. The molecule has 0 spiro atoms. The van der Waals surface area contributed by atoms with Crippen molar-refractivity contribution in [2.24, 2.45) is 0 Å². The minimum absolute atomic E-state index is 0.00641. The lowest BCUT2D eigenvalue weighted by Crippen LogP contribution is -2.67. The van der Waals surface area contributed by atoms with Crippen LogP contribution in [0.1, 0.15) is 143 Å². The van der Waals surface area contributed by atoms with Gasteiger partial charge in [0.2, 0.25) is 29.5 Å². The van der Waals surface area contributed by atoms with E-state index in [0.717, 1.165) is 24.8 Å². The second-order valence-electron chi connectivity index (χ2n) is 37.6. The van der Waals surface area contributed by atoms with Gasteiger partial charge in [-0.25, -0.2) is 14.0 Å². The summed E-state index contributed by atoms with van der Waals surface area (Å²) in [6.07, 6.45) is 4.72. The van der Waals surface area contributed by atoms with E-state index in [2.05, 4.69) is 57.5 Å². The molecule has 0 aliphatic carbocycles. The van der Waals surface area contributed by atoms with Gasteiger partial charge in [-0.2, -0.15) is 0 Å². The lowest BCUT2D eigenvalue weighted by Gasteiger charge is -2.45. The molecule has 12 heterocycles. The van der Waals surface area contributed by atoms with Gasteiger partial charge in [0.25, 0.3) is 0 Å². The van der Waals surface area contributed by atoms with Crippen LogP contribution < -0.4 is 26.6 Å². The molecule has 47 nitrogen and oxygen atoms in total. The predicted octanol–water partition coefficient (Wildman–Crippen LogP) is 1.76. The van der Waals surface area contributed by atoms with Crippen LogP contribution in [0.4, 0.5) is 0 Å². The molecule has 9 aliphatic heterocycles. The molecule has 3 aromatic heterocycles. The number of ether oxygens (including phenoxy) is 28. The van der Waals surface area contributed by atoms with E-state index in [9.17, 15) is 24.0 Å². The molecule has 140 heavy (non-hydrogen) atoms. The second kappa shape index (κ2) is 54.9. The molecule has 9 fully saturated rings. The van der Waals surface area contributed by atoms with Gasteiger partial charge in [0.05, 0.1) is 262 Å². The van der Waals surface area contributed by atoms with Gasteiger partial charge in [0.15, 0.2) is 36.2 Å². The van der Waals surface area contributed by atoms with Crippen molar-refractivity contribution in [3.05, 3.63) is 71.6 Å². The van der Waals surface area contributed by atoms with Gasteiger partial charge in [0.1, 0.15) is 94.2 Å². The molecule has 16 atom stereocenters. The van der Waals surface area contributed by atoms with Crippen molar-refractivity contribution in [1.29, 1.82) is 0 Å². The number of fused-ring (bicyclic) bond motifs is 12. The van der Waals surface area contributed by atoms with Gasteiger partial charge < -0.3 is 159 Å². The number of nitrogens with one attached hydrogen (secondary N) is 5. The first-order valence-corrected chi connectivity index (χ1v) is 49.0. The summed E-state index contributed by atoms with van der Waals surface area (Å²) in [5.74, 6) is -3.59. The molecule has 6 bridgehead atoms. The number of benzene rings is 1. The van der Waals surface area contributed by atoms with Gasteiger partial charge >= 0.3 is 0 Å². The van der Waals surface area contributed by atoms with Crippen LogP contribution in [-0.4, -0.2) is 399 Å². The highest BCUT2D eigenvalue weighted by Gasteiger charge is 2.70. The van der Waals surface area contributed by atoms with Crippen molar-refractivity contribution in [2.45, 2.75) is 286 Å². The summed E-state index contributed by atoms with van der Waals surface area (Å²) in [7, 11) is 0. The Hall–Kier alpha value is -7.13. The number of carbonyl (C=O) groups is 5. The number of hydrogen-bond donors (Lipinski definition) is 5. The Labute approximate surface area is 816 Å². The van der Waals surface area contributed by atoms with Crippen LogP contribution >= 0.6 is 0 Å². The Balaban J connectivity index is 0.541. The Morgan fingerprint density at radius 1 is 0.393 bits per heavy atom. The monoisotopic (exact) mass is 1990 g/mol. The van der Waals surface area contributed by atoms with Crippen LogP contribution in [0.25, 0.3) is 0 Å². The SMILES string of the molecule is CC(=O)N[C@H]1[C@H]2OC[C@](COCCOCCOCCOCCn3cc(COCC(COCc4cn(CCOCCOCCOCCOC[C@@]56CO[C@@H](O5)[C@H](NC(C)=O)[C@H]5OC(C)(C)O[C@H]56)nn4)(COCc4cn(CCOCCOCCOCCO[C@H](C)[C@@]56CO[C@H](O5)[C@H](NC(C)=O)[C@H]5OC(C)(C)O[C@H]56)nn4)NC(=O)CCCCCNC(=O)CCCCCOCc4ccccc4)nn3)(O2)[C@@H]2OC(C)(C)O[C@H]12. The van der Waals surface area contributed by atoms with Crippen molar-refractivity contribution >= 4 is 29.5 Å². The van der Waals surface area contributed by atoms with Gasteiger partial charge in [-0.05, 0) is 79.7 Å². The molecule has 0 unspecified atom stereocenters.